The smallest absolute Gasteiger partial charge is 0.169 e. The van der Waals surface area contributed by atoms with Crippen LogP contribution in [0.2, 0.25) is 15.1 Å². The number of aromatic hydroxyl groups is 2. The SMILES string of the molecule is Cc1nn(-c2cc(O)c(-n3nc(C)c(Cl)c3C)c(-n3nc(C)c(Cl)c3C)c2O)c(C)c1Cl. The minimum Gasteiger partial charge on any atom is -0.506 e. The number of nitrogens with zero attached hydrogens (tertiary/aromatic N) is 6. The standard InChI is InChI=1S/C21H21Cl3N6O2/c1-8-16(22)11(4)28(25-8)14-7-15(31)19(29-12(5)17(23)9(2)26-29)20(21(14)32)30-13(6)18(24)10(3)27-30/h7,31-32H,1-6H3. The van der Waals surface area contributed by atoms with Crippen LogP contribution in [0.1, 0.15) is 34.2 Å². The molecule has 4 rings (SSSR count). The summed E-state index contributed by atoms with van der Waals surface area (Å²) >= 11 is 19.1. The maximum Gasteiger partial charge on any atom is 0.169 e. The minimum atomic E-state index is -0.189. The Bertz CT molecular complexity index is 1400. The lowest BCUT2D eigenvalue weighted by Gasteiger charge is -2.19. The number of halogens is 3. The number of rotatable bonds is 3. The second kappa shape index (κ2) is 7.72. The maximum atomic E-state index is 11.5. The maximum absolute atomic E-state index is 11.5. The molecule has 3 aromatic heterocycles. The topological polar surface area (TPSA) is 93.9 Å². The molecule has 0 atom stereocenters. The summed E-state index contributed by atoms with van der Waals surface area (Å²) in [6, 6.07) is 1.40. The van der Waals surface area contributed by atoms with E-state index >= 15 is 0 Å². The van der Waals surface area contributed by atoms with Crippen LogP contribution >= 0.6 is 34.8 Å². The average molecular weight is 496 g/mol. The van der Waals surface area contributed by atoms with Crippen molar-refractivity contribution >= 4 is 34.8 Å². The molecular formula is C21H21Cl3N6O2. The predicted octanol–water partition coefficient (Wildman–Crippen LogP) is 5.47. The minimum absolute atomic E-state index is 0.164. The van der Waals surface area contributed by atoms with E-state index in [1.807, 2.05) is 0 Å². The van der Waals surface area contributed by atoms with E-state index in [1.54, 1.807) is 41.5 Å². The van der Waals surface area contributed by atoms with Crippen molar-refractivity contribution in [3.63, 3.8) is 0 Å². The Kier molecular flexibility index (Phi) is 5.43. The van der Waals surface area contributed by atoms with Gasteiger partial charge in [-0.15, -0.1) is 0 Å². The third kappa shape index (κ3) is 3.17. The molecule has 0 radical (unpaired) electrons. The molecule has 0 amide bonds. The fraction of sp³-hybridized carbons (Fsp3) is 0.286. The summed E-state index contributed by atoms with van der Waals surface area (Å²) in [5, 5.41) is 37.4. The first kappa shape index (κ1) is 22.5. The molecule has 0 aliphatic rings. The summed E-state index contributed by atoms with van der Waals surface area (Å²) in [7, 11) is 0. The van der Waals surface area contributed by atoms with Gasteiger partial charge in [0.15, 0.2) is 5.75 Å². The van der Waals surface area contributed by atoms with Gasteiger partial charge in [-0.3, -0.25) is 0 Å². The second-order valence-electron chi connectivity index (χ2n) is 7.65. The van der Waals surface area contributed by atoms with E-state index in [4.69, 9.17) is 34.8 Å². The van der Waals surface area contributed by atoms with Crippen LogP contribution in [0.25, 0.3) is 17.1 Å². The molecule has 0 spiro atoms. The Balaban J connectivity index is 2.16. The summed E-state index contributed by atoms with van der Waals surface area (Å²) in [4.78, 5) is 0. The fourth-order valence-electron chi connectivity index (χ4n) is 3.73. The molecule has 0 aliphatic carbocycles. The van der Waals surface area contributed by atoms with E-state index in [9.17, 15) is 10.2 Å². The molecular weight excluding hydrogens is 475 g/mol. The van der Waals surface area contributed by atoms with Crippen molar-refractivity contribution in [1.29, 1.82) is 0 Å². The molecule has 8 nitrogen and oxygen atoms in total. The third-order valence-corrected chi connectivity index (χ3v) is 7.11. The van der Waals surface area contributed by atoms with Crippen molar-refractivity contribution in [2.45, 2.75) is 41.5 Å². The van der Waals surface area contributed by atoms with Crippen LogP contribution in [0, 0.1) is 41.5 Å². The van der Waals surface area contributed by atoms with Crippen LogP contribution in [-0.2, 0) is 0 Å². The van der Waals surface area contributed by atoms with E-state index < -0.39 is 0 Å². The largest absolute Gasteiger partial charge is 0.506 e. The van der Waals surface area contributed by atoms with Crippen molar-refractivity contribution in [1.82, 2.24) is 29.3 Å². The van der Waals surface area contributed by atoms with Gasteiger partial charge in [-0.2, -0.15) is 15.3 Å². The summed E-state index contributed by atoms with van der Waals surface area (Å²) in [6.45, 7) is 10.6. The zero-order valence-electron chi connectivity index (χ0n) is 18.3. The average Bonchev–Trinajstić information content (AvgIpc) is 3.26. The van der Waals surface area contributed by atoms with Gasteiger partial charge in [0.1, 0.15) is 22.8 Å². The fourth-order valence-corrected chi connectivity index (χ4v) is 4.09. The van der Waals surface area contributed by atoms with Crippen molar-refractivity contribution in [2.75, 3.05) is 0 Å². The lowest BCUT2D eigenvalue weighted by molar-refractivity contribution is 0.447. The number of phenolic OH excluding ortho intramolecular Hbond substituents is 2. The van der Waals surface area contributed by atoms with E-state index in [1.165, 1.54) is 20.1 Å². The lowest BCUT2D eigenvalue weighted by Crippen LogP contribution is -2.11. The van der Waals surface area contributed by atoms with Gasteiger partial charge < -0.3 is 10.2 Å². The van der Waals surface area contributed by atoms with Crippen LogP contribution in [0.5, 0.6) is 11.5 Å². The molecule has 0 saturated carbocycles. The van der Waals surface area contributed by atoms with Crippen molar-refractivity contribution < 1.29 is 10.2 Å². The van der Waals surface area contributed by atoms with E-state index in [2.05, 4.69) is 15.3 Å². The van der Waals surface area contributed by atoms with Gasteiger partial charge in [0.2, 0.25) is 0 Å². The van der Waals surface area contributed by atoms with Gasteiger partial charge in [0.05, 0.1) is 49.2 Å². The van der Waals surface area contributed by atoms with Crippen molar-refractivity contribution in [2.24, 2.45) is 0 Å². The summed E-state index contributed by atoms with van der Waals surface area (Å²) in [5.41, 5.74) is 4.13. The molecule has 0 unspecified atom stereocenters. The molecule has 0 bridgehead atoms. The highest BCUT2D eigenvalue weighted by Gasteiger charge is 2.28. The third-order valence-electron chi connectivity index (χ3n) is 5.47. The van der Waals surface area contributed by atoms with E-state index in [0.29, 0.717) is 49.2 Å². The molecule has 168 valence electrons. The van der Waals surface area contributed by atoms with Gasteiger partial charge in [-0.1, -0.05) is 34.8 Å². The first-order valence-corrected chi connectivity index (χ1v) is 10.8. The molecule has 1 aromatic carbocycles. The van der Waals surface area contributed by atoms with Gasteiger partial charge in [0.25, 0.3) is 0 Å². The van der Waals surface area contributed by atoms with E-state index in [0.717, 1.165) is 0 Å². The normalized spacial score (nSPS) is 11.5. The first-order chi connectivity index (χ1) is 15.0. The lowest BCUT2D eigenvalue weighted by atomic mass is 10.1. The predicted molar refractivity (Wildman–Crippen MR) is 125 cm³/mol. The molecule has 11 heteroatoms. The Morgan fingerprint density at radius 1 is 0.625 bits per heavy atom. The Morgan fingerprint density at radius 2 is 1.00 bits per heavy atom. The van der Waals surface area contributed by atoms with Gasteiger partial charge in [0, 0.05) is 6.07 Å². The monoisotopic (exact) mass is 494 g/mol. The molecule has 0 saturated heterocycles. The number of benzene rings is 1. The number of phenols is 2. The van der Waals surface area contributed by atoms with Crippen molar-refractivity contribution in [3.8, 4) is 28.6 Å². The highest BCUT2D eigenvalue weighted by Crippen LogP contribution is 2.43. The summed E-state index contributed by atoms with van der Waals surface area (Å²) in [6.07, 6.45) is 0. The van der Waals surface area contributed by atoms with Crippen LogP contribution in [0.15, 0.2) is 6.07 Å². The van der Waals surface area contributed by atoms with Gasteiger partial charge in [-0.25, -0.2) is 14.0 Å². The van der Waals surface area contributed by atoms with Gasteiger partial charge >= 0.3 is 0 Å². The molecule has 4 aromatic rings. The van der Waals surface area contributed by atoms with Crippen molar-refractivity contribution in [3.05, 3.63) is 55.3 Å². The Labute approximate surface area is 199 Å². The molecule has 2 N–H and O–H groups in total. The zero-order valence-corrected chi connectivity index (χ0v) is 20.6. The van der Waals surface area contributed by atoms with Gasteiger partial charge in [-0.05, 0) is 41.5 Å². The number of hydrogen-bond donors (Lipinski definition) is 2. The van der Waals surface area contributed by atoms with Crippen LogP contribution < -0.4 is 0 Å². The van der Waals surface area contributed by atoms with Crippen LogP contribution in [0.4, 0.5) is 0 Å². The second-order valence-corrected chi connectivity index (χ2v) is 8.78. The number of aryl methyl sites for hydroxylation is 3. The molecule has 3 heterocycles. The summed E-state index contributed by atoms with van der Waals surface area (Å²) in [5.74, 6) is -0.353. The molecule has 32 heavy (non-hydrogen) atoms. The van der Waals surface area contributed by atoms with Crippen LogP contribution in [-0.4, -0.2) is 39.6 Å². The number of hydrogen-bond acceptors (Lipinski definition) is 5. The summed E-state index contributed by atoms with van der Waals surface area (Å²) < 4.78 is 4.43. The Morgan fingerprint density at radius 3 is 1.38 bits per heavy atom. The molecule has 0 aliphatic heterocycles. The van der Waals surface area contributed by atoms with Crippen LogP contribution in [0.3, 0.4) is 0 Å². The highest BCUT2D eigenvalue weighted by molar-refractivity contribution is 6.32. The quantitative estimate of drug-likeness (QED) is 0.368. The Hall–Kier alpha value is -2.68. The first-order valence-electron chi connectivity index (χ1n) is 9.70. The molecule has 0 fully saturated rings. The highest BCUT2D eigenvalue weighted by atomic mass is 35.5. The number of aromatic nitrogens is 6. The zero-order chi connectivity index (χ0) is 23.6. The van der Waals surface area contributed by atoms with E-state index in [-0.39, 0.29) is 28.6 Å².